The van der Waals surface area contributed by atoms with Gasteiger partial charge >= 0.3 is 0 Å². The number of nitrogens with zero attached hydrogens (tertiary/aromatic N) is 1. The Morgan fingerprint density at radius 3 is 3.00 bits per heavy atom. The zero-order valence-electron chi connectivity index (χ0n) is 11.2. The van der Waals surface area contributed by atoms with E-state index in [9.17, 15) is 5.11 Å². The highest BCUT2D eigenvalue weighted by Crippen LogP contribution is 2.59. The lowest BCUT2D eigenvalue weighted by Crippen LogP contribution is -2.50. The summed E-state index contributed by atoms with van der Waals surface area (Å²) in [6.07, 6.45) is 5.10. The van der Waals surface area contributed by atoms with Crippen LogP contribution in [0.4, 0.5) is 0 Å². The molecule has 2 fully saturated rings. The number of likely N-dealkylation sites (N-methyl/N-ethyl adjacent to an activating group) is 1. The van der Waals surface area contributed by atoms with E-state index in [1.807, 2.05) is 6.07 Å². The van der Waals surface area contributed by atoms with Crippen molar-refractivity contribution in [2.45, 2.75) is 56.0 Å². The Morgan fingerprint density at radius 1 is 1.39 bits per heavy atom. The summed E-state index contributed by atoms with van der Waals surface area (Å²) in [5.41, 5.74) is 3.32. The Kier molecular flexibility index (Phi) is 1.99. The predicted molar refractivity (Wildman–Crippen MR) is 72.0 cm³/mol. The molecule has 0 spiro atoms. The molecule has 3 aliphatic rings. The molecule has 96 valence electrons. The normalized spacial score (nSPS) is 41.1. The van der Waals surface area contributed by atoms with Crippen molar-refractivity contribution in [2.75, 3.05) is 7.05 Å². The lowest BCUT2D eigenvalue weighted by atomic mass is 9.62. The van der Waals surface area contributed by atoms with Crippen molar-refractivity contribution >= 4 is 0 Å². The molecule has 0 saturated carbocycles. The number of piperidine rings is 1. The molecule has 0 unspecified atom stereocenters. The van der Waals surface area contributed by atoms with Crippen LogP contribution in [0.5, 0.6) is 5.75 Å². The maximum absolute atomic E-state index is 9.84. The summed E-state index contributed by atoms with van der Waals surface area (Å²) < 4.78 is 0. The summed E-state index contributed by atoms with van der Waals surface area (Å²) >= 11 is 0. The van der Waals surface area contributed by atoms with Crippen LogP contribution in [0.3, 0.4) is 0 Å². The third-order valence-electron chi connectivity index (χ3n) is 6.00. The van der Waals surface area contributed by atoms with Gasteiger partial charge in [0.2, 0.25) is 0 Å². The van der Waals surface area contributed by atoms with E-state index in [-0.39, 0.29) is 0 Å². The molecule has 2 aliphatic heterocycles. The van der Waals surface area contributed by atoms with Crippen molar-refractivity contribution in [1.82, 2.24) is 4.90 Å². The van der Waals surface area contributed by atoms with Gasteiger partial charge in [-0.25, -0.2) is 0 Å². The Labute approximate surface area is 109 Å². The van der Waals surface area contributed by atoms with Gasteiger partial charge in [-0.15, -0.1) is 0 Å². The van der Waals surface area contributed by atoms with E-state index in [1.54, 1.807) is 0 Å². The topological polar surface area (TPSA) is 23.5 Å². The van der Waals surface area contributed by atoms with Gasteiger partial charge in [-0.1, -0.05) is 13.0 Å². The number of rotatable bonds is 1. The quantitative estimate of drug-likeness (QED) is 0.819. The van der Waals surface area contributed by atoms with Crippen LogP contribution >= 0.6 is 0 Å². The average molecular weight is 243 g/mol. The van der Waals surface area contributed by atoms with Crippen LogP contribution < -0.4 is 0 Å². The Bertz CT molecular complexity index is 508. The van der Waals surface area contributed by atoms with Crippen LogP contribution in [0, 0.1) is 0 Å². The molecule has 3 bridgehead atoms. The smallest absolute Gasteiger partial charge is 0.115 e. The first-order valence-corrected chi connectivity index (χ1v) is 7.20. The van der Waals surface area contributed by atoms with E-state index in [1.165, 1.54) is 36.8 Å². The summed E-state index contributed by atoms with van der Waals surface area (Å²) in [5, 5.41) is 9.84. The van der Waals surface area contributed by atoms with E-state index in [2.05, 4.69) is 31.0 Å². The van der Waals surface area contributed by atoms with E-state index in [0.29, 0.717) is 17.1 Å². The maximum atomic E-state index is 9.84. The fourth-order valence-electron chi connectivity index (χ4n) is 4.98. The molecule has 2 heteroatoms. The third kappa shape index (κ3) is 1.13. The van der Waals surface area contributed by atoms with Crippen LogP contribution in [0.2, 0.25) is 0 Å². The average Bonchev–Trinajstić information content (AvgIpc) is 2.56. The minimum absolute atomic E-state index is 0.336. The van der Waals surface area contributed by atoms with Crippen LogP contribution in [-0.2, 0) is 5.41 Å². The number of hydrogen-bond acceptors (Lipinski definition) is 2. The van der Waals surface area contributed by atoms with Crippen molar-refractivity contribution in [2.24, 2.45) is 0 Å². The zero-order chi connectivity index (χ0) is 12.5. The van der Waals surface area contributed by atoms with Gasteiger partial charge in [-0.3, -0.25) is 4.90 Å². The number of phenolic OH excluding ortho intramolecular Hbond substituents is 1. The van der Waals surface area contributed by atoms with Gasteiger partial charge in [0.1, 0.15) is 5.75 Å². The molecule has 4 atom stereocenters. The second-order valence-corrected chi connectivity index (χ2v) is 6.54. The summed E-state index contributed by atoms with van der Waals surface area (Å²) in [5.74, 6) is 1.15. The van der Waals surface area contributed by atoms with Crippen molar-refractivity contribution in [1.29, 1.82) is 0 Å². The SMILES string of the molecule is CC[C@@]12C[C@H]3C[C@H](c4ccc(O)cc41)[C@@H](C2)N3C. The second-order valence-electron chi connectivity index (χ2n) is 6.54. The zero-order valence-corrected chi connectivity index (χ0v) is 11.2. The van der Waals surface area contributed by atoms with E-state index >= 15 is 0 Å². The number of aromatic hydroxyl groups is 1. The molecule has 2 heterocycles. The van der Waals surface area contributed by atoms with E-state index in [4.69, 9.17) is 0 Å². The van der Waals surface area contributed by atoms with E-state index in [0.717, 1.165) is 12.1 Å². The highest BCUT2D eigenvalue weighted by atomic mass is 16.3. The van der Waals surface area contributed by atoms with Crippen LogP contribution in [0.25, 0.3) is 0 Å². The molecule has 1 N–H and O–H groups in total. The van der Waals surface area contributed by atoms with Gasteiger partial charge < -0.3 is 5.11 Å². The maximum Gasteiger partial charge on any atom is 0.115 e. The van der Waals surface area contributed by atoms with Gasteiger partial charge in [0, 0.05) is 18.0 Å². The van der Waals surface area contributed by atoms with Crippen molar-refractivity contribution < 1.29 is 5.11 Å². The Hall–Kier alpha value is -1.02. The van der Waals surface area contributed by atoms with Gasteiger partial charge in [-0.2, -0.15) is 0 Å². The monoisotopic (exact) mass is 243 g/mol. The van der Waals surface area contributed by atoms with Gasteiger partial charge in [-0.05, 0) is 61.4 Å². The van der Waals surface area contributed by atoms with Crippen molar-refractivity contribution in [3.63, 3.8) is 0 Å². The van der Waals surface area contributed by atoms with Crippen molar-refractivity contribution in [3.05, 3.63) is 29.3 Å². The molecule has 4 rings (SSSR count). The van der Waals surface area contributed by atoms with Gasteiger partial charge in [0.05, 0.1) is 0 Å². The molecule has 0 amide bonds. The summed E-state index contributed by atoms with van der Waals surface area (Å²) in [6.45, 7) is 2.32. The molecular formula is C16H21NO. The first-order valence-electron chi connectivity index (χ1n) is 7.20. The largest absolute Gasteiger partial charge is 0.508 e. The molecular weight excluding hydrogens is 222 g/mol. The van der Waals surface area contributed by atoms with Gasteiger partial charge in [0.25, 0.3) is 0 Å². The summed E-state index contributed by atoms with van der Waals surface area (Å²) in [6, 6.07) is 7.60. The molecule has 2 saturated heterocycles. The highest BCUT2D eigenvalue weighted by Gasteiger charge is 2.56. The number of phenols is 1. The molecule has 1 aromatic rings. The number of benzene rings is 1. The molecule has 0 radical (unpaired) electrons. The predicted octanol–water partition coefficient (Wildman–Crippen LogP) is 3.00. The van der Waals surface area contributed by atoms with E-state index < -0.39 is 0 Å². The lowest BCUT2D eigenvalue weighted by molar-refractivity contribution is 0.0943. The lowest BCUT2D eigenvalue weighted by Gasteiger charge is -2.50. The first-order chi connectivity index (χ1) is 8.64. The molecule has 2 nitrogen and oxygen atoms in total. The Balaban J connectivity index is 1.96. The minimum atomic E-state index is 0.336. The summed E-state index contributed by atoms with van der Waals surface area (Å²) in [7, 11) is 2.31. The minimum Gasteiger partial charge on any atom is -0.508 e. The molecule has 1 aromatic carbocycles. The summed E-state index contributed by atoms with van der Waals surface area (Å²) in [4.78, 5) is 2.62. The fraction of sp³-hybridized carbons (Fsp3) is 0.625. The van der Waals surface area contributed by atoms with Crippen LogP contribution in [0.15, 0.2) is 18.2 Å². The standard InChI is InChI=1S/C16H21NO/c1-3-16-8-10-6-13(15(9-16)17(10)2)12-5-4-11(18)7-14(12)16/h4-5,7,10,13,15,18H,3,6,8-9H2,1-2H3/t10-,13-,15-,16+/m1/s1. The fourth-order valence-corrected chi connectivity index (χ4v) is 4.98. The molecule has 18 heavy (non-hydrogen) atoms. The second kappa shape index (κ2) is 3.30. The highest BCUT2D eigenvalue weighted by molar-refractivity contribution is 5.48. The van der Waals surface area contributed by atoms with Crippen molar-refractivity contribution in [3.8, 4) is 5.75 Å². The molecule has 0 aromatic heterocycles. The first kappa shape index (κ1) is 10.9. The number of hydrogen-bond donors (Lipinski definition) is 1. The Morgan fingerprint density at radius 2 is 2.22 bits per heavy atom. The van der Waals surface area contributed by atoms with Crippen LogP contribution in [0.1, 0.15) is 49.7 Å². The molecule has 1 aliphatic carbocycles. The van der Waals surface area contributed by atoms with Gasteiger partial charge in [0.15, 0.2) is 0 Å². The third-order valence-corrected chi connectivity index (χ3v) is 6.00. The van der Waals surface area contributed by atoms with Crippen LogP contribution in [-0.4, -0.2) is 29.1 Å². The number of fused-ring (bicyclic) bond motifs is 5.